The van der Waals surface area contributed by atoms with Crippen molar-refractivity contribution in [3.05, 3.63) is 51.6 Å². The third kappa shape index (κ3) is 6.10. The Kier molecular flexibility index (Phi) is 7.34. The highest BCUT2D eigenvalue weighted by Crippen LogP contribution is 2.36. The number of aromatic amines is 1. The molecule has 4 N–H and O–H groups in total. The van der Waals surface area contributed by atoms with E-state index in [2.05, 4.69) is 43.1 Å². The Bertz CT molecular complexity index is 1150. The molecule has 0 spiro atoms. The van der Waals surface area contributed by atoms with Crippen molar-refractivity contribution in [1.29, 1.82) is 0 Å². The minimum Gasteiger partial charge on any atom is -0.493 e. The molecular formula is C21H19IN4O5. The molecule has 2 aromatic carbocycles. The van der Waals surface area contributed by atoms with Gasteiger partial charge in [-0.15, -0.1) is 10.2 Å². The van der Waals surface area contributed by atoms with Crippen LogP contribution in [0.25, 0.3) is 10.9 Å². The SMILES string of the molecule is O=C(O)CCCCC(=O)Nc1ccc(C(=O)N=Nc2c(O)[nH]c3ccc(I)cc23)cc1. The first-order valence-electron chi connectivity index (χ1n) is 9.41. The molecule has 9 nitrogen and oxygen atoms in total. The average molecular weight is 534 g/mol. The van der Waals surface area contributed by atoms with Crippen LogP contribution in [0.2, 0.25) is 0 Å². The molecule has 2 amide bonds. The summed E-state index contributed by atoms with van der Waals surface area (Å²) in [5.74, 6) is -1.87. The van der Waals surface area contributed by atoms with Gasteiger partial charge in [-0.1, -0.05) is 0 Å². The third-order valence-electron chi connectivity index (χ3n) is 4.42. The van der Waals surface area contributed by atoms with E-state index in [0.717, 1.165) is 3.57 Å². The summed E-state index contributed by atoms with van der Waals surface area (Å²) in [5.41, 5.74) is 1.66. The number of halogens is 1. The molecule has 160 valence electrons. The molecule has 0 unspecified atom stereocenters. The standard InChI is InChI=1S/C21H19IN4O5/c22-13-7-10-16-15(11-13)19(21(31)24-16)25-26-20(30)12-5-8-14(9-6-12)23-17(27)3-1-2-4-18(28)29/h5-11,24,31H,1-4H2,(H,23,27)(H,28,29). The summed E-state index contributed by atoms with van der Waals surface area (Å²) in [4.78, 5) is 37.5. The number of carboxylic acid groups (broad SMARTS) is 1. The maximum atomic E-state index is 12.3. The molecule has 1 aromatic heterocycles. The van der Waals surface area contributed by atoms with Crippen molar-refractivity contribution in [3.63, 3.8) is 0 Å². The molecule has 10 heteroatoms. The number of amides is 2. The van der Waals surface area contributed by atoms with Gasteiger partial charge in [0.2, 0.25) is 11.8 Å². The lowest BCUT2D eigenvalue weighted by Gasteiger charge is -2.05. The highest BCUT2D eigenvalue weighted by molar-refractivity contribution is 14.1. The van der Waals surface area contributed by atoms with Gasteiger partial charge in [-0.3, -0.25) is 14.4 Å². The number of fused-ring (bicyclic) bond motifs is 1. The first-order valence-corrected chi connectivity index (χ1v) is 10.5. The zero-order valence-electron chi connectivity index (χ0n) is 16.3. The van der Waals surface area contributed by atoms with Gasteiger partial charge in [0.15, 0.2) is 5.69 Å². The number of rotatable bonds is 8. The number of azo groups is 1. The number of carbonyl (C=O) groups excluding carboxylic acids is 2. The molecular weight excluding hydrogens is 515 g/mol. The number of H-pyrrole nitrogens is 1. The molecule has 31 heavy (non-hydrogen) atoms. The topological polar surface area (TPSA) is 144 Å². The lowest BCUT2D eigenvalue weighted by atomic mass is 10.1. The third-order valence-corrected chi connectivity index (χ3v) is 5.09. The van der Waals surface area contributed by atoms with E-state index in [1.54, 1.807) is 18.2 Å². The second kappa shape index (κ2) is 10.2. The van der Waals surface area contributed by atoms with Crippen molar-refractivity contribution in [1.82, 2.24) is 4.98 Å². The van der Waals surface area contributed by atoms with Crippen LogP contribution < -0.4 is 5.32 Å². The number of carbonyl (C=O) groups is 3. The number of carboxylic acids is 1. The molecule has 0 aliphatic carbocycles. The van der Waals surface area contributed by atoms with Crippen LogP contribution in [0.3, 0.4) is 0 Å². The number of aromatic nitrogens is 1. The minimum atomic E-state index is -0.882. The first kappa shape index (κ1) is 22.4. The number of anilines is 1. The maximum absolute atomic E-state index is 12.3. The van der Waals surface area contributed by atoms with E-state index in [1.165, 1.54) is 12.1 Å². The fourth-order valence-corrected chi connectivity index (χ4v) is 3.36. The molecule has 0 atom stereocenters. The summed E-state index contributed by atoms with van der Waals surface area (Å²) in [5, 5.41) is 29.6. The van der Waals surface area contributed by atoms with Crippen LogP contribution in [0.5, 0.6) is 5.88 Å². The number of aromatic hydroxyl groups is 1. The Morgan fingerprint density at radius 2 is 1.74 bits per heavy atom. The predicted molar refractivity (Wildman–Crippen MR) is 123 cm³/mol. The molecule has 1 heterocycles. The van der Waals surface area contributed by atoms with Crippen molar-refractivity contribution in [3.8, 4) is 5.88 Å². The van der Waals surface area contributed by atoms with Crippen LogP contribution in [0, 0.1) is 3.57 Å². The second-order valence-electron chi connectivity index (χ2n) is 6.74. The van der Waals surface area contributed by atoms with E-state index in [0.29, 0.717) is 29.4 Å². The molecule has 0 radical (unpaired) electrons. The van der Waals surface area contributed by atoms with Crippen LogP contribution >= 0.6 is 22.6 Å². The van der Waals surface area contributed by atoms with E-state index in [-0.39, 0.29) is 35.9 Å². The van der Waals surface area contributed by atoms with Gasteiger partial charge in [0.05, 0.1) is 5.52 Å². The largest absolute Gasteiger partial charge is 0.493 e. The smallest absolute Gasteiger partial charge is 0.303 e. The minimum absolute atomic E-state index is 0.0359. The van der Waals surface area contributed by atoms with E-state index < -0.39 is 11.9 Å². The van der Waals surface area contributed by atoms with Gasteiger partial charge in [-0.2, -0.15) is 0 Å². The zero-order chi connectivity index (χ0) is 22.4. The summed E-state index contributed by atoms with van der Waals surface area (Å²) in [7, 11) is 0. The first-order chi connectivity index (χ1) is 14.8. The fourth-order valence-electron chi connectivity index (χ4n) is 2.87. The van der Waals surface area contributed by atoms with Crippen LogP contribution in [0.15, 0.2) is 52.7 Å². The van der Waals surface area contributed by atoms with Gasteiger partial charge < -0.3 is 20.5 Å². The summed E-state index contributed by atoms with van der Waals surface area (Å²) >= 11 is 2.14. The van der Waals surface area contributed by atoms with Crippen molar-refractivity contribution in [2.75, 3.05) is 5.32 Å². The van der Waals surface area contributed by atoms with Gasteiger partial charge in [0.25, 0.3) is 5.91 Å². The second-order valence-corrected chi connectivity index (χ2v) is 7.99. The normalized spacial score (nSPS) is 11.1. The van der Waals surface area contributed by atoms with Crippen molar-refractivity contribution in [2.45, 2.75) is 25.7 Å². The van der Waals surface area contributed by atoms with Gasteiger partial charge in [-0.25, -0.2) is 0 Å². The van der Waals surface area contributed by atoms with Crippen LogP contribution in [0.4, 0.5) is 11.4 Å². The Morgan fingerprint density at radius 3 is 2.45 bits per heavy atom. The van der Waals surface area contributed by atoms with Crippen LogP contribution in [0.1, 0.15) is 36.0 Å². The maximum Gasteiger partial charge on any atom is 0.303 e. The van der Waals surface area contributed by atoms with Crippen LogP contribution in [-0.4, -0.2) is 33.0 Å². The van der Waals surface area contributed by atoms with Gasteiger partial charge in [-0.05, 0) is 77.9 Å². The highest BCUT2D eigenvalue weighted by Gasteiger charge is 2.12. The Balaban J connectivity index is 1.61. The van der Waals surface area contributed by atoms with Gasteiger partial charge in [0, 0.05) is 33.0 Å². The summed E-state index contributed by atoms with van der Waals surface area (Å²) in [6.07, 6.45) is 1.17. The average Bonchev–Trinajstić information content (AvgIpc) is 3.04. The van der Waals surface area contributed by atoms with E-state index in [4.69, 9.17) is 5.11 Å². The van der Waals surface area contributed by atoms with Gasteiger partial charge in [0.1, 0.15) is 0 Å². The number of unbranched alkanes of at least 4 members (excludes halogenated alkanes) is 1. The number of hydrogen-bond acceptors (Lipinski definition) is 5. The number of nitrogens with one attached hydrogen (secondary N) is 2. The molecule has 0 saturated heterocycles. The van der Waals surface area contributed by atoms with Crippen LogP contribution in [-0.2, 0) is 9.59 Å². The predicted octanol–water partition coefficient (Wildman–Crippen LogP) is 4.99. The molecule has 3 aromatic rings. The van der Waals surface area contributed by atoms with E-state index in [9.17, 15) is 19.5 Å². The Labute approximate surface area is 190 Å². The van der Waals surface area contributed by atoms with Crippen molar-refractivity contribution < 1.29 is 24.6 Å². The van der Waals surface area contributed by atoms with Gasteiger partial charge >= 0.3 is 5.97 Å². The molecule has 0 fully saturated rings. The summed E-state index contributed by atoms with van der Waals surface area (Å²) in [6, 6.07) is 11.7. The number of aliphatic carboxylic acids is 1. The quantitative estimate of drug-likeness (QED) is 0.183. The number of nitrogens with zero attached hydrogens (tertiary/aromatic N) is 2. The molecule has 0 bridgehead atoms. The Morgan fingerprint density at radius 1 is 1.03 bits per heavy atom. The summed E-state index contributed by atoms with van der Waals surface area (Å²) < 4.78 is 0.950. The van der Waals surface area contributed by atoms with Crippen molar-refractivity contribution >= 4 is 62.7 Å². The zero-order valence-corrected chi connectivity index (χ0v) is 18.4. The van der Waals surface area contributed by atoms with Crippen molar-refractivity contribution in [2.24, 2.45) is 10.2 Å². The van der Waals surface area contributed by atoms with E-state index >= 15 is 0 Å². The monoisotopic (exact) mass is 534 g/mol. The number of hydrogen-bond donors (Lipinski definition) is 4. The van der Waals surface area contributed by atoms with E-state index in [1.807, 2.05) is 12.1 Å². The molecule has 3 rings (SSSR count). The highest BCUT2D eigenvalue weighted by atomic mass is 127. The Hall–Kier alpha value is -3.28. The number of benzene rings is 2. The molecule has 0 aliphatic rings. The lowest BCUT2D eigenvalue weighted by Crippen LogP contribution is -2.11. The fraction of sp³-hybridized carbons (Fsp3) is 0.190. The molecule has 0 saturated carbocycles. The molecule has 0 aliphatic heterocycles. The summed E-state index contributed by atoms with van der Waals surface area (Å²) in [6.45, 7) is 0. The lowest BCUT2D eigenvalue weighted by molar-refractivity contribution is -0.137.